The number of hydrogen-bond acceptors (Lipinski definition) is 4. The Morgan fingerprint density at radius 1 is 1.22 bits per heavy atom. The van der Waals surface area contributed by atoms with E-state index in [-0.39, 0.29) is 25.1 Å². The number of hydrogen-bond donors (Lipinski definition) is 1. The smallest absolute Gasteiger partial charge is 0.460 e. The van der Waals surface area contributed by atoms with Crippen molar-refractivity contribution in [2.24, 2.45) is 5.73 Å². The van der Waals surface area contributed by atoms with Crippen LogP contribution in [0.4, 0.5) is 13.2 Å². The molecule has 130 valence electrons. The first-order valence-electron chi connectivity index (χ1n) is 7.28. The fourth-order valence-electron chi connectivity index (χ4n) is 2.12. The van der Waals surface area contributed by atoms with Crippen molar-refractivity contribution in [1.82, 2.24) is 0 Å². The van der Waals surface area contributed by atoms with Crippen molar-refractivity contribution in [2.75, 3.05) is 6.54 Å². The summed E-state index contributed by atoms with van der Waals surface area (Å²) in [6.45, 7) is 5.34. The fraction of sp³-hybridized carbons (Fsp3) is 0.562. The summed E-state index contributed by atoms with van der Waals surface area (Å²) < 4.78 is 46.6. The number of alkyl halides is 3. The standard InChI is InChI=1S/C16H22F3NO3/c1-15(2,3)23-14(21)9-8-11(10-20)12-6-4-5-7-13(12)22-16(17,18)19/h4-7,11H,8-10,20H2,1-3H3. The second kappa shape index (κ2) is 7.68. The van der Waals surface area contributed by atoms with Crippen LogP contribution in [-0.4, -0.2) is 24.5 Å². The van der Waals surface area contributed by atoms with Crippen LogP contribution >= 0.6 is 0 Å². The van der Waals surface area contributed by atoms with Crippen molar-refractivity contribution < 1.29 is 27.4 Å². The van der Waals surface area contributed by atoms with Crippen molar-refractivity contribution in [3.8, 4) is 5.75 Å². The largest absolute Gasteiger partial charge is 0.573 e. The van der Waals surface area contributed by atoms with Crippen LogP contribution in [0.5, 0.6) is 5.75 Å². The maximum Gasteiger partial charge on any atom is 0.573 e. The molecule has 0 heterocycles. The minimum Gasteiger partial charge on any atom is -0.460 e. The van der Waals surface area contributed by atoms with Gasteiger partial charge in [0.25, 0.3) is 0 Å². The van der Waals surface area contributed by atoms with Crippen molar-refractivity contribution in [2.45, 2.75) is 51.5 Å². The topological polar surface area (TPSA) is 61.5 Å². The quantitative estimate of drug-likeness (QED) is 0.806. The number of rotatable bonds is 6. The fourth-order valence-corrected chi connectivity index (χ4v) is 2.12. The number of carbonyl (C=O) groups excluding carboxylic acids is 1. The molecule has 0 spiro atoms. The monoisotopic (exact) mass is 333 g/mol. The molecule has 0 aromatic heterocycles. The predicted molar refractivity (Wildman–Crippen MR) is 80.0 cm³/mol. The minimum absolute atomic E-state index is 0.0689. The number of halogens is 3. The van der Waals surface area contributed by atoms with Gasteiger partial charge in [0.15, 0.2) is 0 Å². The van der Waals surface area contributed by atoms with Crippen LogP contribution in [-0.2, 0) is 9.53 Å². The summed E-state index contributed by atoms with van der Waals surface area (Å²) in [5.41, 5.74) is 5.39. The maximum atomic E-state index is 12.5. The highest BCUT2D eigenvalue weighted by Gasteiger charge is 2.33. The Morgan fingerprint density at radius 3 is 2.35 bits per heavy atom. The summed E-state index contributed by atoms with van der Waals surface area (Å²) in [4.78, 5) is 11.7. The van der Waals surface area contributed by atoms with E-state index in [2.05, 4.69) is 4.74 Å². The molecule has 2 N–H and O–H groups in total. The van der Waals surface area contributed by atoms with Gasteiger partial charge < -0.3 is 15.2 Å². The summed E-state index contributed by atoms with van der Waals surface area (Å²) in [7, 11) is 0. The van der Waals surface area contributed by atoms with E-state index in [9.17, 15) is 18.0 Å². The van der Waals surface area contributed by atoms with E-state index in [0.717, 1.165) is 0 Å². The Labute approximate surface area is 133 Å². The Hall–Kier alpha value is -1.76. The van der Waals surface area contributed by atoms with Gasteiger partial charge in [0, 0.05) is 12.3 Å². The van der Waals surface area contributed by atoms with Crippen molar-refractivity contribution in [3.63, 3.8) is 0 Å². The average Bonchev–Trinajstić information content (AvgIpc) is 2.37. The molecule has 4 nitrogen and oxygen atoms in total. The van der Waals surface area contributed by atoms with Crippen LogP contribution in [0.1, 0.15) is 45.1 Å². The Bertz CT molecular complexity index is 524. The van der Waals surface area contributed by atoms with Crippen molar-refractivity contribution in [3.05, 3.63) is 29.8 Å². The Kier molecular flexibility index (Phi) is 6.44. The SMILES string of the molecule is CC(C)(C)OC(=O)CCC(CN)c1ccccc1OC(F)(F)F. The third-order valence-corrected chi connectivity index (χ3v) is 2.99. The van der Waals surface area contributed by atoms with Gasteiger partial charge in [0.05, 0.1) is 0 Å². The minimum atomic E-state index is -4.78. The van der Waals surface area contributed by atoms with Gasteiger partial charge >= 0.3 is 12.3 Å². The molecular weight excluding hydrogens is 311 g/mol. The molecule has 23 heavy (non-hydrogen) atoms. The highest BCUT2D eigenvalue weighted by Crippen LogP contribution is 2.33. The molecule has 0 radical (unpaired) electrons. The number of ether oxygens (including phenoxy) is 2. The zero-order chi connectivity index (χ0) is 17.7. The molecule has 1 unspecified atom stereocenters. The van der Waals surface area contributed by atoms with Gasteiger partial charge in [-0.2, -0.15) is 0 Å². The second-order valence-electron chi connectivity index (χ2n) is 6.14. The number of esters is 1. The van der Waals surface area contributed by atoms with Crippen LogP contribution in [0.15, 0.2) is 24.3 Å². The van der Waals surface area contributed by atoms with E-state index < -0.39 is 23.9 Å². The van der Waals surface area contributed by atoms with E-state index in [1.165, 1.54) is 18.2 Å². The summed E-state index contributed by atoms with van der Waals surface area (Å²) in [6, 6.07) is 5.81. The lowest BCUT2D eigenvalue weighted by Crippen LogP contribution is -2.25. The lowest BCUT2D eigenvalue weighted by atomic mass is 9.93. The van der Waals surface area contributed by atoms with Crippen molar-refractivity contribution >= 4 is 5.97 Å². The predicted octanol–water partition coefficient (Wildman–Crippen LogP) is 3.75. The van der Waals surface area contributed by atoms with Gasteiger partial charge in [-0.3, -0.25) is 4.79 Å². The van der Waals surface area contributed by atoms with Crippen molar-refractivity contribution in [1.29, 1.82) is 0 Å². The summed E-state index contributed by atoms with van der Waals surface area (Å²) in [5.74, 6) is -1.13. The molecular formula is C16H22F3NO3. The van der Waals surface area contributed by atoms with E-state index in [4.69, 9.17) is 10.5 Å². The van der Waals surface area contributed by atoms with E-state index in [1.54, 1.807) is 26.8 Å². The summed E-state index contributed by atoms with van der Waals surface area (Å²) >= 11 is 0. The van der Waals surface area contributed by atoms with Crippen LogP contribution in [0.2, 0.25) is 0 Å². The van der Waals surface area contributed by atoms with Gasteiger partial charge in [-0.05, 0) is 45.4 Å². The highest BCUT2D eigenvalue weighted by atomic mass is 19.4. The third-order valence-electron chi connectivity index (χ3n) is 2.99. The lowest BCUT2D eigenvalue weighted by molar-refractivity contribution is -0.275. The molecule has 0 amide bonds. The van der Waals surface area contributed by atoms with E-state index in [0.29, 0.717) is 5.56 Å². The average molecular weight is 333 g/mol. The number of benzene rings is 1. The van der Waals surface area contributed by atoms with Crippen LogP contribution < -0.4 is 10.5 Å². The molecule has 0 aliphatic heterocycles. The van der Waals surface area contributed by atoms with Gasteiger partial charge in [-0.1, -0.05) is 18.2 Å². The zero-order valence-electron chi connectivity index (χ0n) is 13.4. The van der Waals surface area contributed by atoms with E-state index in [1.807, 2.05) is 0 Å². The molecule has 0 fully saturated rings. The molecule has 1 atom stereocenters. The van der Waals surface area contributed by atoms with Gasteiger partial charge in [-0.15, -0.1) is 13.2 Å². The number of nitrogens with two attached hydrogens (primary N) is 1. The molecule has 0 aliphatic rings. The zero-order valence-corrected chi connectivity index (χ0v) is 13.4. The van der Waals surface area contributed by atoms with Crippen LogP contribution in [0, 0.1) is 0 Å². The first-order chi connectivity index (χ1) is 10.5. The van der Waals surface area contributed by atoms with Crippen LogP contribution in [0.3, 0.4) is 0 Å². The summed E-state index contributed by atoms with van der Waals surface area (Å²) in [5, 5.41) is 0. The molecule has 1 rings (SSSR count). The van der Waals surface area contributed by atoms with Gasteiger partial charge in [-0.25, -0.2) is 0 Å². The van der Waals surface area contributed by atoms with Gasteiger partial charge in [0.1, 0.15) is 11.4 Å². The van der Waals surface area contributed by atoms with Crippen LogP contribution in [0.25, 0.3) is 0 Å². The van der Waals surface area contributed by atoms with Gasteiger partial charge in [0.2, 0.25) is 0 Å². The highest BCUT2D eigenvalue weighted by molar-refractivity contribution is 5.70. The Balaban J connectivity index is 2.80. The second-order valence-corrected chi connectivity index (χ2v) is 6.14. The molecule has 1 aromatic carbocycles. The molecule has 0 bridgehead atoms. The molecule has 7 heteroatoms. The third kappa shape index (κ3) is 7.36. The molecule has 0 aliphatic carbocycles. The van der Waals surface area contributed by atoms with E-state index >= 15 is 0 Å². The number of para-hydroxylation sites is 1. The Morgan fingerprint density at radius 2 is 1.83 bits per heavy atom. The first-order valence-corrected chi connectivity index (χ1v) is 7.28. The molecule has 0 saturated carbocycles. The maximum absolute atomic E-state index is 12.5. The normalized spacial score (nSPS) is 13.5. The number of carbonyl (C=O) groups is 1. The summed E-state index contributed by atoms with van der Waals surface area (Å²) in [6.07, 6.45) is -4.43. The first kappa shape index (κ1) is 19.3. The molecule has 0 saturated heterocycles. The lowest BCUT2D eigenvalue weighted by Gasteiger charge is -2.22. The molecule has 1 aromatic rings.